The summed E-state index contributed by atoms with van der Waals surface area (Å²) in [4.78, 5) is 29.0. The molecule has 1 N–H and O–H groups in total. The summed E-state index contributed by atoms with van der Waals surface area (Å²) in [6.45, 7) is 2.86. The molecule has 1 aliphatic carbocycles. The first-order valence-electron chi connectivity index (χ1n) is 13.8. The fraction of sp³-hybridized carbons (Fsp3) is 0.355. The average molecular weight is 651 g/mol. The molecule has 1 aliphatic rings. The number of carbonyl (C=O) groups is 2. The van der Waals surface area contributed by atoms with Crippen molar-refractivity contribution >= 4 is 62.3 Å². The van der Waals surface area contributed by atoms with E-state index in [4.69, 9.17) is 34.8 Å². The summed E-state index contributed by atoms with van der Waals surface area (Å²) in [6.07, 6.45) is 4.98. The Kier molecular flexibility index (Phi) is 10.8. The Balaban J connectivity index is 1.71. The summed E-state index contributed by atoms with van der Waals surface area (Å²) < 4.78 is 29.0. The molecule has 7 nitrogen and oxygen atoms in total. The van der Waals surface area contributed by atoms with Gasteiger partial charge in [-0.2, -0.15) is 0 Å². The molecule has 3 aromatic carbocycles. The second-order valence-corrected chi connectivity index (χ2v) is 13.7. The van der Waals surface area contributed by atoms with Gasteiger partial charge in [-0.15, -0.1) is 0 Å². The van der Waals surface area contributed by atoms with Crippen LogP contribution in [0.1, 0.15) is 50.2 Å². The van der Waals surface area contributed by atoms with Gasteiger partial charge in [-0.3, -0.25) is 13.9 Å². The van der Waals surface area contributed by atoms with E-state index < -0.39 is 28.5 Å². The molecular formula is C31H34Cl3N3O4S. The minimum atomic E-state index is -4.19. The number of aryl methyl sites for hydroxylation is 1. The predicted molar refractivity (Wildman–Crippen MR) is 169 cm³/mol. The molecule has 42 heavy (non-hydrogen) atoms. The van der Waals surface area contributed by atoms with Crippen LogP contribution in [0.3, 0.4) is 0 Å². The number of nitrogens with one attached hydrogen (secondary N) is 1. The lowest BCUT2D eigenvalue weighted by Crippen LogP contribution is -2.53. The van der Waals surface area contributed by atoms with E-state index in [0.717, 1.165) is 36.4 Å². The largest absolute Gasteiger partial charge is 0.352 e. The number of benzene rings is 3. The molecule has 1 atom stereocenters. The number of amides is 2. The summed E-state index contributed by atoms with van der Waals surface area (Å²) >= 11 is 18.7. The summed E-state index contributed by atoms with van der Waals surface area (Å²) in [5.41, 5.74) is 1.53. The molecule has 1 saturated carbocycles. The summed E-state index contributed by atoms with van der Waals surface area (Å²) in [7, 11) is -4.19. The molecule has 0 aliphatic heterocycles. The maximum absolute atomic E-state index is 14.1. The Bertz CT molecular complexity index is 1530. The van der Waals surface area contributed by atoms with Gasteiger partial charge in [0, 0.05) is 17.6 Å². The summed E-state index contributed by atoms with van der Waals surface area (Å²) in [6, 6.07) is 16.9. The van der Waals surface area contributed by atoms with Crippen LogP contribution in [0, 0.1) is 6.92 Å². The number of rotatable bonds is 10. The lowest BCUT2D eigenvalue weighted by atomic mass is 9.95. The molecular weight excluding hydrogens is 617 g/mol. The number of carbonyl (C=O) groups excluding carboxylic acids is 2. The molecule has 11 heteroatoms. The maximum Gasteiger partial charge on any atom is 0.264 e. The molecule has 0 spiro atoms. The van der Waals surface area contributed by atoms with E-state index in [-0.39, 0.29) is 29.1 Å². The van der Waals surface area contributed by atoms with Crippen molar-refractivity contribution in [3.63, 3.8) is 0 Å². The normalized spacial score (nSPS) is 14.7. The first-order valence-corrected chi connectivity index (χ1v) is 16.4. The van der Waals surface area contributed by atoms with Gasteiger partial charge in [0.05, 0.1) is 20.6 Å². The van der Waals surface area contributed by atoms with Crippen molar-refractivity contribution in [3.05, 3.63) is 92.9 Å². The highest BCUT2D eigenvalue weighted by Crippen LogP contribution is 2.30. The topological polar surface area (TPSA) is 86.8 Å². The van der Waals surface area contributed by atoms with Crippen LogP contribution in [0.5, 0.6) is 0 Å². The molecule has 0 heterocycles. The lowest BCUT2D eigenvalue weighted by Gasteiger charge is -2.33. The van der Waals surface area contributed by atoms with E-state index in [1.165, 1.54) is 23.1 Å². The molecule has 0 radical (unpaired) electrons. The highest BCUT2D eigenvalue weighted by molar-refractivity contribution is 7.92. The van der Waals surface area contributed by atoms with Gasteiger partial charge in [-0.05, 0) is 74.2 Å². The number of nitrogens with zero attached hydrogens (tertiary/aromatic N) is 2. The van der Waals surface area contributed by atoms with Crippen molar-refractivity contribution in [1.29, 1.82) is 0 Å². The van der Waals surface area contributed by atoms with Crippen LogP contribution in [-0.2, 0) is 26.2 Å². The van der Waals surface area contributed by atoms with E-state index in [0.29, 0.717) is 26.2 Å². The zero-order chi connectivity index (χ0) is 30.4. The van der Waals surface area contributed by atoms with Crippen LogP contribution < -0.4 is 9.62 Å². The molecule has 2 amide bonds. The van der Waals surface area contributed by atoms with Crippen LogP contribution in [-0.4, -0.2) is 43.8 Å². The average Bonchev–Trinajstić information content (AvgIpc) is 2.98. The minimum absolute atomic E-state index is 0.0166. The number of hydrogen-bond donors (Lipinski definition) is 1. The van der Waals surface area contributed by atoms with Crippen molar-refractivity contribution in [2.45, 2.75) is 69.5 Å². The molecule has 224 valence electrons. The van der Waals surface area contributed by atoms with Crippen molar-refractivity contribution < 1.29 is 18.0 Å². The van der Waals surface area contributed by atoms with Gasteiger partial charge >= 0.3 is 0 Å². The van der Waals surface area contributed by atoms with Crippen LogP contribution in [0.25, 0.3) is 0 Å². The van der Waals surface area contributed by atoms with Gasteiger partial charge in [0.15, 0.2) is 0 Å². The number of anilines is 1. The fourth-order valence-corrected chi connectivity index (χ4v) is 7.05. The van der Waals surface area contributed by atoms with Gasteiger partial charge < -0.3 is 10.2 Å². The lowest BCUT2D eigenvalue weighted by molar-refractivity contribution is -0.139. The van der Waals surface area contributed by atoms with Gasteiger partial charge in [-0.1, -0.05) is 84.4 Å². The van der Waals surface area contributed by atoms with Crippen LogP contribution in [0.15, 0.2) is 71.6 Å². The third-order valence-electron chi connectivity index (χ3n) is 7.51. The standard InChI is InChI=1S/C31H34Cl3N3O4S/c1-21-13-15-24(32)18-29(21)37(42(40,41)26-11-7-4-8-12-26)20-30(38)36(19-23-14-16-27(33)28(34)17-23)22(2)31(39)35-25-9-5-3-6-10-25/h4,7-8,11-18,22,25H,3,5-6,9-10,19-20H2,1-2H3,(H,35,39)/t22-/m0/s1. The van der Waals surface area contributed by atoms with Crippen LogP contribution in [0.4, 0.5) is 5.69 Å². The molecule has 0 unspecified atom stereocenters. The van der Waals surface area contributed by atoms with Crippen LogP contribution >= 0.6 is 34.8 Å². The number of sulfonamides is 1. The number of halogens is 3. The second kappa shape index (κ2) is 14.1. The smallest absolute Gasteiger partial charge is 0.264 e. The third kappa shape index (κ3) is 7.78. The molecule has 0 aromatic heterocycles. The summed E-state index contributed by atoms with van der Waals surface area (Å²) in [5.74, 6) is -0.863. The Morgan fingerprint density at radius 3 is 2.29 bits per heavy atom. The van der Waals surface area contributed by atoms with E-state index in [9.17, 15) is 18.0 Å². The zero-order valence-electron chi connectivity index (χ0n) is 23.5. The Morgan fingerprint density at radius 1 is 0.929 bits per heavy atom. The minimum Gasteiger partial charge on any atom is -0.352 e. The fourth-order valence-electron chi connectivity index (χ4n) is 5.07. The SMILES string of the molecule is Cc1ccc(Cl)cc1N(CC(=O)N(Cc1ccc(Cl)c(Cl)c1)[C@@H](C)C(=O)NC1CCCCC1)S(=O)(=O)c1ccccc1. The Hall–Kier alpha value is -2.78. The van der Waals surface area contributed by atoms with Crippen molar-refractivity contribution in [2.24, 2.45) is 0 Å². The van der Waals surface area contributed by atoms with Crippen LogP contribution in [0.2, 0.25) is 15.1 Å². The number of hydrogen-bond acceptors (Lipinski definition) is 4. The van der Waals surface area contributed by atoms with E-state index in [2.05, 4.69) is 5.32 Å². The van der Waals surface area contributed by atoms with Gasteiger partial charge in [0.25, 0.3) is 10.0 Å². The third-order valence-corrected chi connectivity index (χ3v) is 10.3. The first kappa shape index (κ1) is 32.1. The Labute approximate surface area is 262 Å². The summed E-state index contributed by atoms with van der Waals surface area (Å²) in [5, 5.41) is 4.08. The Morgan fingerprint density at radius 2 is 1.62 bits per heavy atom. The predicted octanol–water partition coefficient (Wildman–Crippen LogP) is 7.02. The van der Waals surface area contributed by atoms with Crippen molar-refractivity contribution in [1.82, 2.24) is 10.2 Å². The second-order valence-electron chi connectivity index (χ2n) is 10.5. The molecule has 4 rings (SSSR count). The first-order chi connectivity index (χ1) is 20.0. The molecule has 1 fully saturated rings. The molecule has 0 saturated heterocycles. The highest BCUT2D eigenvalue weighted by Gasteiger charge is 2.34. The van der Waals surface area contributed by atoms with Crippen molar-refractivity contribution in [2.75, 3.05) is 10.8 Å². The quantitative estimate of drug-likeness (QED) is 0.256. The van der Waals surface area contributed by atoms with E-state index >= 15 is 0 Å². The molecule has 3 aromatic rings. The van der Waals surface area contributed by atoms with Gasteiger partial charge in [0.1, 0.15) is 12.6 Å². The van der Waals surface area contributed by atoms with Gasteiger partial charge in [0.2, 0.25) is 11.8 Å². The molecule has 0 bridgehead atoms. The van der Waals surface area contributed by atoms with E-state index in [1.807, 2.05) is 0 Å². The van der Waals surface area contributed by atoms with Gasteiger partial charge in [-0.25, -0.2) is 8.42 Å². The monoisotopic (exact) mass is 649 g/mol. The zero-order valence-corrected chi connectivity index (χ0v) is 26.6. The maximum atomic E-state index is 14.1. The van der Waals surface area contributed by atoms with E-state index in [1.54, 1.807) is 62.4 Å². The highest BCUT2D eigenvalue weighted by atomic mass is 35.5. The van der Waals surface area contributed by atoms with Crippen molar-refractivity contribution in [3.8, 4) is 0 Å².